The lowest BCUT2D eigenvalue weighted by Crippen LogP contribution is -2.55. The highest BCUT2D eigenvalue weighted by atomic mass is 16.5. The van der Waals surface area contributed by atoms with E-state index >= 15 is 0 Å². The maximum Gasteiger partial charge on any atom is 0.317 e. The number of anilines is 1. The monoisotopic (exact) mass is 924 g/mol. The number of H-pyrrole nitrogens is 1. The van der Waals surface area contributed by atoms with Gasteiger partial charge in [-0.3, -0.25) is 24.1 Å². The second kappa shape index (κ2) is 21.5. The fourth-order valence-corrected chi connectivity index (χ4v) is 10.7. The number of rotatable bonds is 17. The Morgan fingerprint density at radius 2 is 1.54 bits per heavy atom. The van der Waals surface area contributed by atoms with E-state index in [0.29, 0.717) is 82.1 Å². The molecule has 5 saturated heterocycles. The van der Waals surface area contributed by atoms with Crippen LogP contribution in [0.15, 0.2) is 108 Å². The molecular formula is C54H64N6O8. The van der Waals surface area contributed by atoms with Gasteiger partial charge in [0.15, 0.2) is 0 Å². The van der Waals surface area contributed by atoms with Gasteiger partial charge in [0.25, 0.3) is 0 Å². The molecule has 5 fully saturated rings. The number of likely N-dealkylation sites (tertiary alicyclic amines) is 1. The number of phenols is 1. The number of carbonyl (C=O) groups is 3. The van der Waals surface area contributed by atoms with E-state index in [9.17, 15) is 29.4 Å². The number of aromatic nitrogens is 1. The number of hydrogen-bond acceptors (Lipinski definition) is 11. The molecule has 4 aromatic carbocycles. The van der Waals surface area contributed by atoms with E-state index < -0.39 is 11.5 Å². The van der Waals surface area contributed by atoms with Crippen LogP contribution in [0.1, 0.15) is 66.0 Å². The summed E-state index contributed by atoms with van der Waals surface area (Å²) in [4.78, 5) is 65.2. The first-order chi connectivity index (χ1) is 33.1. The van der Waals surface area contributed by atoms with Crippen molar-refractivity contribution in [2.45, 2.75) is 69.1 Å². The molecule has 358 valence electrons. The number of nitrogens with one attached hydrogen (secondary N) is 2. The zero-order valence-electron chi connectivity index (χ0n) is 38.8. The number of benzene rings is 4. The molecule has 14 heteroatoms. The van der Waals surface area contributed by atoms with E-state index in [1.54, 1.807) is 12.1 Å². The molecule has 2 bridgehead atoms. The summed E-state index contributed by atoms with van der Waals surface area (Å²) in [5.41, 5.74) is 4.57. The number of nitrogens with zero attached hydrogens (tertiary/aromatic N) is 4. The summed E-state index contributed by atoms with van der Waals surface area (Å²) in [7, 11) is 0. The van der Waals surface area contributed by atoms with Gasteiger partial charge in [-0.1, -0.05) is 78.9 Å². The topological polar surface area (TPSA) is 168 Å². The van der Waals surface area contributed by atoms with Crippen molar-refractivity contribution in [3.63, 3.8) is 0 Å². The Balaban J connectivity index is 0.812. The van der Waals surface area contributed by atoms with E-state index in [1.807, 2.05) is 76.5 Å². The summed E-state index contributed by atoms with van der Waals surface area (Å²) < 4.78 is 12.0. The van der Waals surface area contributed by atoms with Crippen molar-refractivity contribution in [3.8, 4) is 5.75 Å². The quantitative estimate of drug-likeness (QED) is 0.0725. The first-order valence-electron chi connectivity index (χ1n) is 24.4. The molecule has 10 rings (SSSR count). The third-order valence-corrected chi connectivity index (χ3v) is 14.7. The fraction of sp³-hybridized carbons (Fsp3) is 0.444. The van der Waals surface area contributed by atoms with E-state index in [-0.39, 0.29) is 60.1 Å². The van der Waals surface area contributed by atoms with E-state index in [1.165, 1.54) is 12.1 Å². The average Bonchev–Trinajstić information content (AvgIpc) is 3.37. The molecule has 4 N–H and O–H groups in total. The number of aliphatic hydroxyl groups is 1. The maximum atomic E-state index is 14.2. The molecule has 2 atom stereocenters. The third kappa shape index (κ3) is 10.8. The summed E-state index contributed by atoms with van der Waals surface area (Å²) in [6.45, 7) is 8.44. The minimum absolute atomic E-state index is 0.0141. The molecule has 0 radical (unpaired) electrons. The molecule has 0 spiro atoms. The lowest BCUT2D eigenvalue weighted by molar-refractivity contribution is -0.168. The van der Waals surface area contributed by atoms with Crippen molar-refractivity contribution in [1.82, 2.24) is 25.0 Å². The summed E-state index contributed by atoms with van der Waals surface area (Å²) in [5.74, 6) is 0.196. The number of aromatic amines is 1. The van der Waals surface area contributed by atoms with Gasteiger partial charge >= 0.3 is 5.97 Å². The molecular weight excluding hydrogens is 861 g/mol. The fourth-order valence-electron chi connectivity index (χ4n) is 10.7. The summed E-state index contributed by atoms with van der Waals surface area (Å²) in [5, 5.41) is 25.3. The average molecular weight is 925 g/mol. The Morgan fingerprint density at radius 3 is 2.26 bits per heavy atom. The molecule has 14 nitrogen and oxygen atoms in total. The van der Waals surface area contributed by atoms with Crippen LogP contribution in [0, 0.1) is 5.92 Å². The Kier molecular flexibility index (Phi) is 14.9. The lowest BCUT2D eigenvalue weighted by atomic mass is 9.72. The second-order valence-corrected chi connectivity index (χ2v) is 19.0. The highest BCUT2D eigenvalue weighted by Crippen LogP contribution is 2.39. The Bertz CT molecular complexity index is 2580. The number of hydrogen-bond donors (Lipinski definition) is 4. The largest absolute Gasteiger partial charge is 0.506 e. The number of fused-ring (bicyclic) bond motifs is 4. The normalized spacial score (nSPS) is 20.5. The standard InChI is InChI=1S/C54H64N6O8/c61-46-17-15-43(44-16-18-49(63)56-52(44)46)47(62)35-55-23-6-24-60(36-41-7-4-5-10-45(41)58-29-31-67-32-30-58)51(65)34-39-13-11-38(12-14-39)33-50(64)59-27-21-54(22-28-59,42-8-2-1-3-9-42)53(66)68-48-37-57-25-19-40(48)20-26-57/h1-5,7-18,40,47-48,55,61-62H,6,19-37H2,(H,56,63)/t47-,48-/m0/s1. The first-order valence-corrected chi connectivity index (χ1v) is 24.4. The minimum Gasteiger partial charge on any atom is -0.506 e. The Labute approximate surface area is 397 Å². The number of pyridine rings is 1. The van der Waals surface area contributed by atoms with Crippen LogP contribution in [0.2, 0.25) is 0 Å². The number of amides is 2. The predicted molar refractivity (Wildman–Crippen MR) is 260 cm³/mol. The molecule has 0 unspecified atom stereocenters. The van der Waals surface area contributed by atoms with Gasteiger partial charge in [-0.2, -0.15) is 0 Å². The predicted octanol–water partition coefficient (Wildman–Crippen LogP) is 5.10. The van der Waals surface area contributed by atoms with Crippen molar-refractivity contribution < 1.29 is 34.1 Å². The number of piperidine rings is 4. The molecule has 6 heterocycles. The Morgan fingerprint density at radius 1 is 0.838 bits per heavy atom. The number of ether oxygens (including phenoxy) is 2. The van der Waals surface area contributed by atoms with Crippen LogP contribution in [0.5, 0.6) is 5.75 Å². The van der Waals surface area contributed by atoms with E-state index in [4.69, 9.17) is 9.47 Å². The maximum absolute atomic E-state index is 14.2. The van der Waals surface area contributed by atoms with Gasteiger partial charge in [0.1, 0.15) is 11.9 Å². The molecule has 5 aliphatic heterocycles. The number of aliphatic hydroxyl groups excluding tert-OH is 1. The SMILES string of the molecule is O=C(Cc1ccc(CC(=O)N(CCCNC[C@H](O)c2ccc(O)c3[nH]c(=O)ccc23)Cc2ccccc2N2CCOCC2)cc1)N1CCC(C(=O)O[C@H]2CN3CCC2CC3)(c2ccccc2)CC1. The number of carbonyl (C=O) groups excluding carboxylic acids is 3. The van der Waals surface area contributed by atoms with Crippen molar-refractivity contribution >= 4 is 34.4 Å². The molecule has 68 heavy (non-hydrogen) atoms. The smallest absolute Gasteiger partial charge is 0.317 e. The van der Waals surface area contributed by atoms with Crippen LogP contribution in [0.3, 0.4) is 0 Å². The van der Waals surface area contributed by atoms with Gasteiger partial charge < -0.3 is 44.7 Å². The van der Waals surface area contributed by atoms with Gasteiger partial charge in [-0.05, 0) is 104 Å². The molecule has 5 aromatic rings. The van der Waals surface area contributed by atoms with Crippen LogP contribution >= 0.6 is 0 Å². The van der Waals surface area contributed by atoms with E-state index in [0.717, 1.165) is 73.5 Å². The summed E-state index contributed by atoms with van der Waals surface area (Å²) in [6.07, 6.45) is 3.25. The molecule has 0 aliphatic carbocycles. The van der Waals surface area contributed by atoms with Gasteiger partial charge in [0, 0.05) is 69.5 Å². The number of morpholine rings is 1. The minimum atomic E-state index is -0.894. The molecule has 0 saturated carbocycles. The highest BCUT2D eigenvalue weighted by Gasteiger charge is 2.47. The van der Waals surface area contributed by atoms with Crippen LogP contribution in [-0.4, -0.2) is 132 Å². The van der Waals surface area contributed by atoms with Gasteiger partial charge in [-0.25, -0.2) is 0 Å². The van der Waals surface area contributed by atoms with Crippen LogP contribution in [0.4, 0.5) is 5.69 Å². The zero-order chi connectivity index (χ0) is 47.0. The van der Waals surface area contributed by atoms with Crippen LogP contribution in [-0.2, 0) is 48.7 Å². The van der Waals surface area contributed by atoms with Gasteiger partial charge in [0.2, 0.25) is 17.4 Å². The first kappa shape index (κ1) is 47.0. The van der Waals surface area contributed by atoms with Crippen LogP contribution < -0.4 is 15.8 Å². The van der Waals surface area contributed by atoms with Crippen LogP contribution in [0.25, 0.3) is 10.9 Å². The van der Waals surface area contributed by atoms with Crippen molar-refractivity contribution in [3.05, 3.63) is 141 Å². The van der Waals surface area contributed by atoms with Crippen molar-refractivity contribution in [2.24, 2.45) is 5.92 Å². The van der Waals surface area contributed by atoms with Crippen molar-refractivity contribution in [1.29, 1.82) is 0 Å². The number of esters is 1. The number of aromatic hydroxyl groups is 1. The molecule has 5 aliphatic rings. The molecule has 1 aromatic heterocycles. The molecule has 2 amide bonds. The van der Waals surface area contributed by atoms with E-state index in [2.05, 4.69) is 32.2 Å². The zero-order valence-corrected chi connectivity index (χ0v) is 38.8. The number of para-hydroxylation sites is 1. The summed E-state index contributed by atoms with van der Waals surface area (Å²) >= 11 is 0. The van der Waals surface area contributed by atoms with Gasteiger partial charge in [0.05, 0.1) is 43.1 Å². The Hall–Kier alpha value is -6.06. The lowest BCUT2D eigenvalue weighted by Gasteiger charge is -2.46. The second-order valence-electron chi connectivity index (χ2n) is 19.0. The number of phenolic OH excluding ortho intramolecular Hbond substituents is 1. The van der Waals surface area contributed by atoms with Crippen molar-refractivity contribution in [2.75, 3.05) is 83.6 Å². The summed E-state index contributed by atoms with van der Waals surface area (Å²) in [6, 6.07) is 32.0. The van der Waals surface area contributed by atoms with Gasteiger partial charge in [-0.15, -0.1) is 0 Å². The highest BCUT2D eigenvalue weighted by molar-refractivity contribution is 5.87. The third-order valence-electron chi connectivity index (χ3n) is 14.7.